The molecular formula is C31H33F3N2O4S. The number of alkyl halides is 3. The molecule has 0 unspecified atom stereocenters. The van der Waals surface area contributed by atoms with E-state index in [2.05, 4.69) is 0 Å². The molecule has 7 rings (SSSR count). The number of aryl methyl sites for hydroxylation is 1. The van der Waals surface area contributed by atoms with E-state index in [9.17, 15) is 19.1 Å². The Bertz CT molecular complexity index is 1540. The largest absolute Gasteiger partial charge is 0.390 e. The molecule has 1 N–H and O–H groups in total. The Morgan fingerprint density at radius 1 is 1.22 bits per heavy atom. The van der Waals surface area contributed by atoms with Gasteiger partial charge in [0.05, 0.1) is 12.6 Å². The minimum atomic E-state index is -2.26. The molecule has 3 saturated carbocycles. The molecule has 6 nitrogen and oxygen atoms in total. The van der Waals surface area contributed by atoms with E-state index in [0.29, 0.717) is 24.7 Å². The maximum atomic E-state index is 17.6. The number of hydrogen-bond acceptors (Lipinski definition) is 6. The Labute approximate surface area is 240 Å². The van der Waals surface area contributed by atoms with Crippen molar-refractivity contribution in [1.29, 1.82) is 0 Å². The van der Waals surface area contributed by atoms with Crippen molar-refractivity contribution in [3.8, 4) is 0 Å². The number of fused-ring (bicyclic) bond motifs is 8. The van der Waals surface area contributed by atoms with Crippen molar-refractivity contribution < 1.29 is 32.7 Å². The molecule has 0 bridgehead atoms. The fraction of sp³-hybridized carbons (Fsp3) is 0.548. The highest BCUT2D eigenvalue weighted by Gasteiger charge is 2.80. The fourth-order valence-electron chi connectivity index (χ4n) is 9.39. The topological polar surface area (TPSA) is 71.8 Å². The second-order valence-corrected chi connectivity index (χ2v) is 13.7. The van der Waals surface area contributed by atoms with Gasteiger partial charge in [-0.3, -0.25) is 14.4 Å². The van der Waals surface area contributed by atoms with Crippen LogP contribution in [0.4, 0.5) is 19.0 Å². The van der Waals surface area contributed by atoms with Crippen LogP contribution in [-0.4, -0.2) is 56.7 Å². The minimum Gasteiger partial charge on any atom is -0.390 e. The number of aliphatic hydroxyl groups excluding tert-OH is 1. The van der Waals surface area contributed by atoms with Crippen LogP contribution in [0, 0.1) is 28.6 Å². The summed E-state index contributed by atoms with van der Waals surface area (Å²) >= 11 is 0.533. The molecule has 4 aliphatic carbocycles. The molecule has 1 saturated heterocycles. The highest BCUT2D eigenvalue weighted by atomic mass is 32.2. The molecule has 1 aromatic heterocycles. The highest BCUT2D eigenvalue weighted by molar-refractivity contribution is 8.13. The summed E-state index contributed by atoms with van der Waals surface area (Å²) in [6, 6.07) is 8.87. The second-order valence-electron chi connectivity index (χ2n) is 12.8. The molecule has 2 aromatic rings. The second kappa shape index (κ2) is 8.74. The van der Waals surface area contributed by atoms with Gasteiger partial charge in [0.2, 0.25) is 5.12 Å². The predicted molar refractivity (Wildman–Crippen MR) is 150 cm³/mol. The number of hydrogen-bond donors (Lipinski definition) is 1. The van der Waals surface area contributed by atoms with Crippen molar-refractivity contribution in [2.75, 3.05) is 17.6 Å². The van der Waals surface area contributed by atoms with Crippen molar-refractivity contribution in [3.63, 3.8) is 0 Å². The lowest BCUT2D eigenvalue weighted by Gasteiger charge is -2.63. The van der Waals surface area contributed by atoms with Crippen molar-refractivity contribution in [2.45, 2.75) is 56.7 Å². The summed E-state index contributed by atoms with van der Waals surface area (Å²) in [6.07, 6.45) is 0.712. The van der Waals surface area contributed by atoms with E-state index in [-0.39, 0.29) is 18.4 Å². The lowest BCUT2D eigenvalue weighted by atomic mass is 9.44. The Hall–Kier alpha value is -2.56. The molecular weight excluding hydrogens is 553 g/mol. The van der Waals surface area contributed by atoms with Gasteiger partial charge in [0.25, 0.3) is 0 Å². The van der Waals surface area contributed by atoms with E-state index in [1.165, 1.54) is 18.2 Å². The SMILES string of the molecule is Cn1c(N2C[C@@H]3C[C@H]4[C@@H]5C[C@H](F)C6=CC(=O)C=C[C@]6(C)[C@@]5(F)[C@@H](O)C[C@]4(C)[C@]3(C(=O)SCF)O2)cc2ccccc21. The molecule has 5 aliphatic rings. The number of ketones is 1. The standard InChI is InChI=1S/C31H33F3N2O4S/c1-28-9-8-19(37)12-22(28)23(33)13-21-20-11-18-15-36(26-10-17-6-4-5-7-24(17)35(26)3)40-31(18,27(39)41-16-32)29(20,2)14-25(38)30(21,28)34/h4-10,12,18,20-21,23,25,38H,11,13-16H2,1-3H3/t18-,20-,21-,23-,25-,28-,29-,30-,31-/m0/s1. The van der Waals surface area contributed by atoms with Gasteiger partial charge >= 0.3 is 0 Å². The van der Waals surface area contributed by atoms with Gasteiger partial charge in [-0.2, -0.15) is 0 Å². The Kier molecular flexibility index (Phi) is 5.81. The van der Waals surface area contributed by atoms with Crippen LogP contribution in [0.5, 0.6) is 0 Å². The number of thioether (sulfide) groups is 1. The number of halogens is 3. The molecule has 0 amide bonds. The van der Waals surface area contributed by atoms with Crippen molar-refractivity contribution in [2.24, 2.45) is 35.6 Å². The van der Waals surface area contributed by atoms with E-state index in [4.69, 9.17) is 4.84 Å². The minimum absolute atomic E-state index is 0.0570. The Morgan fingerprint density at radius 3 is 2.71 bits per heavy atom. The third kappa shape index (κ3) is 3.19. The molecule has 4 fully saturated rings. The van der Waals surface area contributed by atoms with E-state index >= 15 is 8.78 Å². The third-order valence-electron chi connectivity index (χ3n) is 11.3. The molecule has 1 aliphatic heterocycles. The van der Waals surface area contributed by atoms with Gasteiger partial charge in [-0.25, -0.2) is 18.2 Å². The quantitative estimate of drug-likeness (QED) is 0.520. The smallest absolute Gasteiger partial charge is 0.226 e. The fourth-order valence-corrected chi connectivity index (χ4v) is 10.1. The third-order valence-corrected chi connectivity index (χ3v) is 12.0. The first-order valence-electron chi connectivity index (χ1n) is 14.1. The van der Waals surface area contributed by atoms with Crippen LogP contribution in [0.2, 0.25) is 0 Å². The van der Waals surface area contributed by atoms with Crippen molar-refractivity contribution in [3.05, 3.63) is 54.1 Å². The van der Waals surface area contributed by atoms with E-state index in [0.717, 1.165) is 16.7 Å². The molecule has 0 spiro atoms. The number of benzene rings is 1. The van der Waals surface area contributed by atoms with Gasteiger partial charge in [0, 0.05) is 40.6 Å². The van der Waals surface area contributed by atoms with Crippen LogP contribution in [0.3, 0.4) is 0 Å². The van der Waals surface area contributed by atoms with Gasteiger partial charge in [-0.15, -0.1) is 0 Å². The zero-order valence-electron chi connectivity index (χ0n) is 23.1. The van der Waals surface area contributed by atoms with Crippen LogP contribution in [0.15, 0.2) is 54.1 Å². The van der Waals surface area contributed by atoms with E-state index < -0.39 is 69.0 Å². The normalized spacial score (nSPS) is 43.0. The maximum Gasteiger partial charge on any atom is 0.226 e. The predicted octanol–water partition coefficient (Wildman–Crippen LogP) is 5.40. The lowest BCUT2D eigenvalue weighted by molar-refractivity contribution is -0.225. The van der Waals surface area contributed by atoms with Crippen LogP contribution in [0.1, 0.15) is 33.1 Å². The summed E-state index contributed by atoms with van der Waals surface area (Å²) in [6.45, 7) is 3.69. The number of para-hydroxylation sites is 1. The number of anilines is 1. The maximum absolute atomic E-state index is 17.6. The van der Waals surface area contributed by atoms with Crippen LogP contribution >= 0.6 is 11.8 Å². The molecule has 9 atom stereocenters. The van der Waals surface area contributed by atoms with Gasteiger partial charge in [-0.1, -0.05) is 43.0 Å². The van der Waals surface area contributed by atoms with E-state index in [1.807, 2.05) is 48.9 Å². The molecule has 10 heteroatoms. The van der Waals surface area contributed by atoms with Crippen LogP contribution in [0.25, 0.3) is 10.9 Å². The number of aliphatic hydroxyl groups is 1. The van der Waals surface area contributed by atoms with Crippen LogP contribution < -0.4 is 5.06 Å². The number of carbonyl (C=O) groups is 2. The van der Waals surface area contributed by atoms with Crippen molar-refractivity contribution >= 4 is 39.4 Å². The molecule has 41 heavy (non-hydrogen) atoms. The zero-order valence-corrected chi connectivity index (χ0v) is 24.0. The number of hydroxylamine groups is 1. The zero-order chi connectivity index (χ0) is 29.1. The first-order valence-corrected chi connectivity index (χ1v) is 15.1. The number of carbonyl (C=O) groups excluding carboxylic acids is 2. The molecule has 218 valence electrons. The van der Waals surface area contributed by atoms with Gasteiger partial charge in [-0.05, 0) is 62.0 Å². The first-order chi connectivity index (χ1) is 19.4. The van der Waals surface area contributed by atoms with E-state index in [1.54, 1.807) is 12.0 Å². The number of rotatable bonds is 3. The summed E-state index contributed by atoms with van der Waals surface area (Å²) in [5, 5.41) is 13.9. The average molecular weight is 587 g/mol. The van der Waals surface area contributed by atoms with Crippen molar-refractivity contribution in [1.82, 2.24) is 4.57 Å². The number of allylic oxidation sites excluding steroid dienone is 4. The first kappa shape index (κ1) is 27.3. The summed E-state index contributed by atoms with van der Waals surface area (Å²) in [5.41, 5.74) is -5.36. The van der Waals surface area contributed by atoms with Gasteiger partial charge in [0.1, 0.15) is 18.0 Å². The molecule has 0 radical (unpaired) electrons. The summed E-state index contributed by atoms with van der Waals surface area (Å²) < 4.78 is 49.1. The van der Waals surface area contributed by atoms with Gasteiger partial charge < -0.3 is 9.67 Å². The van der Waals surface area contributed by atoms with Crippen LogP contribution in [-0.2, 0) is 21.5 Å². The monoisotopic (exact) mass is 586 g/mol. The molecule has 1 aromatic carbocycles. The Balaban J connectivity index is 1.33. The average Bonchev–Trinajstić information content (AvgIpc) is 3.55. The Morgan fingerprint density at radius 2 is 1.98 bits per heavy atom. The summed E-state index contributed by atoms with van der Waals surface area (Å²) in [4.78, 5) is 32.7. The summed E-state index contributed by atoms with van der Waals surface area (Å²) in [7, 11) is 1.91. The number of nitrogens with zero attached hydrogens (tertiary/aromatic N) is 2. The molecule has 2 heterocycles. The lowest BCUT2D eigenvalue weighted by Crippen LogP contribution is -2.70. The highest BCUT2D eigenvalue weighted by Crippen LogP contribution is 2.73. The summed E-state index contributed by atoms with van der Waals surface area (Å²) in [5.74, 6) is -1.55. The number of aromatic nitrogens is 1. The van der Waals surface area contributed by atoms with Gasteiger partial charge in [0.15, 0.2) is 17.1 Å².